The fourth-order valence-corrected chi connectivity index (χ4v) is 9.74. The quantitative estimate of drug-likeness (QED) is 0.0261. The van der Waals surface area contributed by atoms with Crippen molar-refractivity contribution in [3.8, 4) is 0 Å². The minimum Gasteiger partial charge on any atom is -0.462 e. The molecule has 6 nitrogen and oxygen atoms in total. The van der Waals surface area contributed by atoms with Gasteiger partial charge in [0.25, 0.3) is 0 Å². The van der Waals surface area contributed by atoms with E-state index in [-0.39, 0.29) is 31.1 Å². The summed E-state index contributed by atoms with van der Waals surface area (Å²) in [6.07, 6.45) is 85.1. The molecule has 0 aromatic carbocycles. The molecular weight excluding hydrogens is 949 g/mol. The monoisotopic (exact) mass is 1070 g/mol. The number of ether oxygens (including phenoxy) is 3. The summed E-state index contributed by atoms with van der Waals surface area (Å²) in [5, 5.41) is 0. The maximum absolute atomic E-state index is 12.9. The van der Waals surface area contributed by atoms with Crippen molar-refractivity contribution in [2.45, 2.75) is 348 Å². The molecule has 0 aliphatic carbocycles. The normalized spacial score (nSPS) is 12.5. The number of esters is 3. The minimum absolute atomic E-state index is 0.0717. The van der Waals surface area contributed by atoms with E-state index in [1.807, 2.05) is 0 Å². The molecule has 0 saturated heterocycles. The molecule has 0 amide bonds. The van der Waals surface area contributed by atoms with Gasteiger partial charge in [-0.3, -0.25) is 14.4 Å². The zero-order valence-corrected chi connectivity index (χ0v) is 51.2. The molecule has 0 N–H and O–H groups in total. The molecule has 0 aromatic heterocycles. The number of carbonyl (C=O) groups is 3. The van der Waals surface area contributed by atoms with Crippen LogP contribution in [0.1, 0.15) is 342 Å². The van der Waals surface area contributed by atoms with Crippen molar-refractivity contribution >= 4 is 17.9 Å². The maximum Gasteiger partial charge on any atom is 0.306 e. The van der Waals surface area contributed by atoms with Gasteiger partial charge in [-0.15, -0.1) is 0 Å². The van der Waals surface area contributed by atoms with Crippen LogP contribution in [0.3, 0.4) is 0 Å². The molecule has 0 radical (unpaired) electrons. The van der Waals surface area contributed by atoms with Crippen LogP contribution in [0.25, 0.3) is 0 Å². The average Bonchev–Trinajstić information content (AvgIpc) is 3.43. The lowest BCUT2D eigenvalue weighted by molar-refractivity contribution is -0.167. The lowest BCUT2D eigenvalue weighted by Gasteiger charge is -2.18. The van der Waals surface area contributed by atoms with E-state index in [0.717, 1.165) is 96.3 Å². The number of hydrogen-bond acceptors (Lipinski definition) is 6. The summed E-state index contributed by atoms with van der Waals surface area (Å²) < 4.78 is 16.9. The molecule has 6 heteroatoms. The predicted molar refractivity (Wildman–Crippen MR) is 335 cm³/mol. The predicted octanol–water partition coefficient (Wildman–Crippen LogP) is 22.9. The second kappa shape index (κ2) is 65.4. The summed E-state index contributed by atoms with van der Waals surface area (Å²) in [5.74, 6) is -0.862. The van der Waals surface area contributed by atoms with Gasteiger partial charge < -0.3 is 14.2 Å². The smallest absolute Gasteiger partial charge is 0.306 e. The molecule has 0 aliphatic heterocycles. The van der Waals surface area contributed by atoms with Gasteiger partial charge in [-0.2, -0.15) is 0 Å². The summed E-state index contributed by atoms with van der Waals surface area (Å²) in [4.78, 5) is 38.2. The topological polar surface area (TPSA) is 78.9 Å². The fraction of sp³-hybridized carbons (Fsp3) is 0.789. The Morgan fingerprint density at radius 2 is 0.506 bits per heavy atom. The molecule has 1 unspecified atom stereocenters. The van der Waals surface area contributed by atoms with Crippen molar-refractivity contribution in [3.05, 3.63) is 72.9 Å². The van der Waals surface area contributed by atoms with Gasteiger partial charge in [0, 0.05) is 19.3 Å². The third-order valence-electron chi connectivity index (χ3n) is 14.7. The average molecular weight is 1080 g/mol. The Hall–Kier alpha value is -3.15. The standard InChI is InChI=1S/C71H126O6/c1-4-7-10-13-16-19-21-23-25-27-29-31-33-34-35-36-37-38-39-41-42-44-46-48-50-52-55-58-61-64-70(73)76-67-68(66-75-69(72)63-60-57-54-18-15-12-9-6-3)77-71(74)65-62-59-56-53-51-49-47-45-43-40-32-30-28-26-24-22-20-17-14-11-8-5-2/h7,10,16,19,23,25,29,31,34-35,37-38,68H,4-6,8-9,11-15,17-18,20-22,24,26-28,30,32-33,36,39-67H2,1-3H3/b10-7-,19-16-,25-23-,31-29-,35-34-,38-37-. The second-order valence-corrected chi connectivity index (χ2v) is 22.4. The Bertz CT molecular complexity index is 1420. The molecule has 0 spiro atoms. The number of carbonyl (C=O) groups excluding carboxylic acids is 3. The highest BCUT2D eigenvalue weighted by Gasteiger charge is 2.19. The van der Waals surface area contributed by atoms with E-state index in [9.17, 15) is 14.4 Å². The molecule has 1 atom stereocenters. The van der Waals surface area contributed by atoms with Crippen LogP contribution in [0.15, 0.2) is 72.9 Å². The van der Waals surface area contributed by atoms with Crippen molar-refractivity contribution in [1.29, 1.82) is 0 Å². The summed E-state index contributed by atoms with van der Waals surface area (Å²) in [6, 6.07) is 0. The highest BCUT2D eigenvalue weighted by Crippen LogP contribution is 2.18. The van der Waals surface area contributed by atoms with Crippen molar-refractivity contribution in [2.75, 3.05) is 13.2 Å². The van der Waals surface area contributed by atoms with Crippen LogP contribution >= 0.6 is 0 Å². The van der Waals surface area contributed by atoms with Crippen molar-refractivity contribution in [1.82, 2.24) is 0 Å². The number of hydrogen-bond donors (Lipinski definition) is 0. The number of unbranched alkanes of at least 4 members (excludes halogenated alkanes) is 38. The molecule has 0 heterocycles. The van der Waals surface area contributed by atoms with Crippen LogP contribution in [0.4, 0.5) is 0 Å². The SMILES string of the molecule is CC/C=C\C/C=C\C/C=C\C/C=C\C/C=C\C/C=C\CCCCCCCCCCCCC(=O)OCC(COC(=O)CCCCCCCCCC)OC(=O)CCCCCCCCCCCCCCCCCCCCCCCC. The van der Waals surface area contributed by atoms with Gasteiger partial charge in [-0.25, -0.2) is 0 Å². The van der Waals surface area contributed by atoms with Gasteiger partial charge in [0.05, 0.1) is 0 Å². The van der Waals surface area contributed by atoms with Crippen LogP contribution in [0.5, 0.6) is 0 Å². The van der Waals surface area contributed by atoms with Crippen LogP contribution in [-0.2, 0) is 28.6 Å². The molecule has 0 rings (SSSR count). The Labute approximate surface area is 478 Å². The summed E-state index contributed by atoms with van der Waals surface area (Å²) >= 11 is 0. The lowest BCUT2D eigenvalue weighted by atomic mass is 10.0. The largest absolute Gasteiger partial charge is 0.462 e. The molecule has 446 valence electrons. The van der Waals surface area contributed by atoms with Crippen molar-refractivity contribution < 1.29 is 28.6 Å². The van der Waals surface area contributed by atoms with E-state index in [2.05, 4.69) is 93.7 Å². The molecule has 0 aliphatic rings. The Morgan fingerprint density at radius 1 is 0.273 bits per heavy atom. The minimum atomic E-state index is -0.773. The van der Waals surface area contributed by atoms with E-state index in [1.165, 1.54) is 205 Å². The third-order valence-corrected chi connectivity index (χ3v) is 14.7. The molecule has 77 heavy (non-hydrogen) atoms. The highest BCUT2D eigenvalue weighted by atomic mass is 16.6. The van der Waals surface area contributed by atoms with Gasteiger partial charge in [-0.1, -0.05) is 325 Å². The highest BCUT2D eigenvalue weighted by molar-refractivity contribution is 5.71. The van der Waals surface area contributed by atoms with Crippen molar-refractivity contribution in [2.24, 2.45) is 0 Å². The van der Waals surface area contributed by atoms with Crippen LogP contribution in [0.2, 0.25) is 0 Å². The molecule has 0 aromatic rings. The first-order valence-corrected chi connectivity index (χ1v) is 33.4. The number of rotatable bonds is 61. The van der Waals surface area contributed by atoms with E-state index in [4.69, 9.17) is 14.2 Å². The van der Waals surface area contributed by atoms with Gasteiger partial charge in [0.2, 0.25) is 0 Å². The Morgan fingerprint density at radius 3 is 0.792 bits per heavy atom. The van der Waals surface area contributed by atoms with E-state index >= 15 is 0 Å². The Balaban J connectivity index is 4.14. The van der Waals surface area contributed by atoms with Gasteiger partial charge >= 0.3 is 17.9 Å². The summed E-state index contributed by atoms with van der Waals surface area (Å²) in [6.45, 7) is 6.54. The number of allylic oxidation sites excluding steroid dienone is 12. The van der Waals surface area contributed by atoms with Gasteiger partial charge in [0.1, 0.15) is 13.2 Å². The third kappa shape index (κ3) is 63.6. The van der Waals surface area contributed by atoms with Gasteiger partial charge in [-0.05, 0) is 70.6 Å². The first kappa shape index (κ1) is 73.8. The lowest BCUT2D eigenvalue weighted by Crippen LogP contribution is -2.30. The van der Waals surface area contributed by atoms with E-state index < -0.39 is 6.10 Å². The Kier molecular flexibility index (Phi) is 62.7. The molecule has 0 bridgehead atoms. The molecular formula is C71H126O6. The van der Waals surface area contributed by atoms with Crippen LogP contribution in [0, 0.1) is 0 Å². The first-order chi connectivity index (χ1) is 38.0. The summed E-state index contributed by atoms with van der Waals surface area (Å²) in [5.41, 5.74) is 0. The summed E-state index contributed by atoms with van der Waals surface area (Å²) in [7, 11) is 0. The molecule has 0 saturated carbocycles. The first-order valence-electron chi connectivity index (χ1n) is 33.4. The van der Waals surface area contributed by atoms with Crippen LogP contribution < -0.4 is 0 Å². The van der Waals surface area contributed by atoms with Crippen molar-refractivity contribution in [3.63, 3.8) is 0 Å². The second-order valence-electron chi connectivity index (χ2n) is 22.4. The zero-order chi connectivity index (χ0) is 55.7. The van der Waals surface area contributed by atoms with Crippen LogP contribution in [-0.4, -0.2) is 37.2 Å². The zero-order valence-electron chi connectivity index (χ0n) is 51.2. The van der Waals surface area contributed by atoms with E-state index in [1.54, 1.807) is 0 Å². The fourth-order valence-electron chi connectivity index (χ4n) is 9.74. The molecule has 0 fully saturated rings. The van der Waals surface area contributed by atoms with E-state index in [0.29, 0.717) is 19.3 Å². The maximum atomic E-state index is 12.9. The van der Waals surface area contributed by atoms with Gasteiger partial charge in [0.15, 0.2) is 6.10 Å².